The lowest BCUT2D eigenvalue weighted by molar-refractivity contribution is -0.106. The summed E-state index contributed by atoms with van der Waals surface area (Å²) in [4.78, 5) is 0. The maximum atomic E-state index is 5.61. The lowest BCUT2D eigenvalue weighted by atomic mass is 10.2. The zero-order valence-corrected chi connectivity index (χ0v) is 16.0. The molecule has 1 aromatic carbocycles. The highest BCUT2D eigenvalue weighted by atomic mass is 79.9. The second-order valence-corrected chi connectivity index (χ2v) is 5.54. The quantitative estimate of drug-likeness (QED) is 0.253. The number of benzene rings is 1. The van der Waals surface area contributed by atoms with Gasteiger partial charge in [-0.2, -0.15) is 0 Å². The molecule has 0 spiro atoms. The van der Waals surface area contributed by atoms with Crippen LogP contribution in [-0.4, -0.2) is 65.8 Å². The summed E-state index contributed by atoms with van der Waals surface area (Å²) >= 11 is 3.29. The smallest absolute Gasteiger partial charge is 0.183 e. The van der Waals surface area contributed by atoms with Gasteiger partial charge in [0.05, 0.1) is 39.6 Å². The van der Waals surface area contributed by atoms with Gasteiger partial charge in [-0.3, -0.25) is 0 Å². The molecule has 0 saturated heterocycles. The van der Waals surface area contributed by atoms with Crippen LogP contribution in [0.15, 0.2) is 24.3 Å². The third kappa shape index (κ3) is 9.56. The standard InChI is InChI=1S/C17H27BrO6/c1-19-17(20-2)15-3-5-16(6-4-15)24-14-13-23-12-11-22-10-9-21-8-7-18/h3-6,17H,7-14H2,1-2H3. The summed E-state index contributed by atoms with van der Waals surface area (Å²) in [6.07, 6.45) is -0.354. The highest BCUT2D eigenvalue weighted by Gasteiger charge is 2.08. The minimum absolute atomic E-state index is 0.354. The van der Waals surface area contributed by atoms with E-state index in [0.717, 1.165) is 16.6 Å². The molecule has 0 unspecified atom stereocenters. The second-order valence-electron chi connectivity index (χ2n) is 4.75. The highest BCUT2D eigenvalue weighted by molar-refractivity contribution is 9.09. The van der Waals surface area contributed by atoms with E-state index in [-0.39, 0.29) is 6.29 Å². The number of alkyl halides is 1. The summed E-state index contributed by atoms with van der Waals surface area (Å²) < 4.78 is 32.1. The van der Waals surface area contributed by atoms with Crippen LogP contribution in [-0.2, 0) is 23.7 Å². The van der Waals surface area contributed by atoms with Gasteiger partial charge in [0.1, 0.15) is 12.4 Å². The predicted octanol–water partition coefficient (Wildman–Crippen LogP) is 2.80. The van der Waals surface area contributed by atoms with Crippen molar-refractivity contribution in [2.24, 2.45) is 0 Å². The number of ether oxygens (including phenoxy) is 6. The molecule has 0 bridgehead atoms. The number of rotatable bonds is 15. The van der Waals surface area contributed by atoms with Gasteiger partial charge in [-0.25, -0.2) is 0 Å². The molecule has 7 heteroatoms. The van der Waals surface area contributed by atoms with Gasteiger partial charge in [-0.15, -0.1) is 0 Å². The topological polar surface area (TPSA) is 55.4 Å². The molecule has 0 N–H and O–H groups in total. The molecule has 24 heavy (non-hydrogen) atoms. The van der Waals surface area contributed by atoms with Gasteiger partial charge in [0.2, 0.25) is 0 Å². The minimum Gasteiger partial charge on any atom is -0.491 e. The van der Waals surface area contributed by atoms with Crippen molar-refractivity contribution in [3.05, 3.63) is 29.8 Å². The molecule has 0 aliphatic carbocycles. The van der Waals surface area contributed by atoms with E-state index in [1.54, 1.807) is 14.2 Å². The molecule has 1 rings (SSSR count). The molecule has 1 aromatic rings. The summed E-state index contributed by atoms with van der Waals surface area (Å²) in [5.41, 5.74) is 0.945. The Kier molecular flexibility index (Phi) is 13.0. The zero-order chi connectivity index (χ0) is 17.5. The molecule has 6 nitrogen and oxygen atoms in total. The first-order chi connectivity index (χ1) is 11.8. The van der Waals surface area contributed by atoms with Crippen LogP contribution in [0.25, 0.3) is 0 Å². The fraction of sp³-hybridized carbons (Fsp3) is 0.647. The van der Waals surface area contributed by atoms with Crippen LogP contribution in [0.2, 0.25) is 0 Å². The van der Waals surface area contributed by atoms with E-state index >= 15 is 0 Å². The van der Waals surface area contributed by atoms with Crippen LogP contribution < -0.4 is 4.74 Å². The minimum atomic E-state index is -0.354. The monoisotopic (exact) mass is 406 g/mol. The molecule has 0 fully saturated rings. The fourth-order valence-corrected chi connectivity index (χ4v) is 2.13. The molecule has 0 saturated carbocycles. The Morgan fingerprint density at radius 2 is 1.25 bits per heavy atom. The SMILES string of the molecule is COC(OC)c1ccc(OCCOCCOCCOCCBr)cc1. The van der Waals surface area contributed by atoms with Crippen molar-refractivity contribution < 1.29 is 28.4 Å². The zero-order valence-electron chi connectivity index (χ0n) is 14.4. The van der Waals surface area contributed by atoms with Crippen LogP contribution in [0.4, 0.5) is 0 Å². The molecule has 0 aliphatic rings. The lowest BCUT2D eigenvalue weighted by Crippen LogP contribution is -2.13. The Hall–Kier alpha value is -0.700. The van der Waals surface area contributed by atoms with Crippen molar-refractivity contribution in [3.8, 4) is 5.75 Å². The molecule has 0 amide bonds. The van der Waals surface area contributed by atoms with E-state index < -0.39 is 0 Å². The van der Waals surface area contributed by atoms with E-state index in [1.165, 1.54) is 0 Å². The molecule has 0 aromatic heterocycles. The average molecular weight is 407 g/mol. The summed E-state index contributed by atoms with van der Waals surface area (Å²) in [6, 6.07) is 7.60. The van der Waals surface area contributed by atoms with Gasteiger partial charge in [0.25, 0.3) is 0 Å². The van der Waals surface area contributed by atoms with Crippen LogP contribution in [0.5, 0.6) is 5.75 Å². The van der Waals surface area contributed by atoms with E-state index in [4.69, 9.17) is 28.4 Å². The van der Waals surface area contributed by atoms with Gasteiger partial charge in [-0.05, 0) is 12.1 Å². The normalized spacial score (nSPS) is 11.2. The Morgan fingerprint density at radius 3 is 1.75 bits per heavy atom. The van der Waals surface area contributed by atoms with Gasteiger partial charge in [-0.1, -0.05) is 28.1 Å². The largest absolute Gasteiger partial charge is 0.491 e. The van der Waals surface area contributed by atoms with Crippen molar-refractivity contribution in [1.82, 2.24) is 0 Å². The molecule has 0 heterocycles. The molecule has 138 valence electrons. The van der Waals surface area contributed by atoms with Crippen LogP contribution in [0.3, 0.4) is 0 Å². The van der Waals surface area contributed by atoms with E-state index in [0.29, 0.717) is 46.2 Å². The van der Waals surface area contributed by atoms with Crippen molar-refractivity contribution >= 4 is 15.9 Å². The maximum absolute atomic E-state index is 5.61. The Morgan fingerprint density at radius 1 is 0.750 bits per heavy atom. The van der Waals surface area contributed by atoms with Crippen LogP contribution in [0, 0.1) is 0 Å². The van der Waals surface area contributed by atoms with Gasteiger partial charge in [0.15, 0.2) is 6.29 Å². The van der Waals surface area contributed by atoms with Gasteiger partial charge >= 0.3 is 0 Å². The molecular formula is C17H27BrO6. The number of halogens is 1. The Labute approximate surface area is 152 Å². The van der Waals surface area contributed by atoms with Crippen molar-refractivity contribution in [2.75, 3.05) is 65.8 Å². The second kappa shape index (κ2) is 14.6. The maximum Gasteiger partial charge on any atom is 0.183 e. The Bertz CT molecular complexity index is 397. The van der Waals surface area contributed by atoms with Crippen LogP contribution >= 0.6 is 15.9 Å². The van der Waals surface area contributed by atoms with Crippen molar-refractivity contribution in [1.29, 1.82) is 0 Å². The first-order valence-corrected chi connectivity index (χ1v) is 9.01. The first-order valence-electron chi connectivity index (χ1n) is 7.89. The number of hydrogen-bond acceptors (Lipinski definition) is 6. The predicted molar refractivity (Wildman–Crippen MR) is 94.9 cm³/mol. The molecule has 0 atom stereocenters. The van der Waals surface area contributed by atoms with E-state index in [9.17, 15) is 0 Å². The Balaban J connectivity index is 2.01. The molecule has 0 radical (unpaired) electrons. The van der Waals surface area contributed by atoms with E-state index in [2.05, 4.69) is 15.9 Å². The summed E-state index contributed by atoms with van der Waals surface area (Å²) in [5, 5.41) is 0.845. The molecular weight excluding hydrogens is 380 g/mol. The summed E-state index contributed by atoms with van der Waals surface area (Å²) in [6.45, 7) is 4.01. The third-order valence-electron chi connectivity index (χ3n) is 3.04. The van der Waals surface area contributed by atoms with Gasteiger partial charge < -0.3 is 28.4 Å². The first kappa shape index (κ1) is 21.3. The average Bonchev–Trinajstić information content (AvgIpc) is 2.62. The third-order valence-corrected chi connectivity index (χ3v) is 3.37. The fourth-order valence-electron chi connectivity index (χ4n) is 1.90. The number of methoxy groups -OCH3 is 2. The number of hydrogen-bond donors (Lipinski definition) is 0. The summed E-state index contributed by atoms with van der Waals surface area (Å²) in [5.74, 6) is 0.786. The van der Waals surface area contributed by atoms with Crippen molar-refractivity contribution in [3.63, 3.8) is 0 Å². The highest BCUT2D eigenvalue weighted by Crippen LogP contribution is 2.20. The van der Waals surface area contributed by atoms with Gasteiger partial charge in [0, 0.05) is 25.1 Å². The van der Waals surface area contributed by atoms with Crippen LogP contribution in [0.1, 0.15) is 11.9 Å². The van der Waals surface area contributed by atoms with Crippen molar-refractivity contribution in [2.45, 2.75) is 6.29 Å². The summed E-state index contributed by atoms with van der Waals surface area (Å²) in [7, 11) is 3.21. The molecule has 0 aliphatic heterocycles. The lowest BCUT2D eigenvalue weighted by Gasteiger charge is -2.14. The van der Waals surface area contributed by atoms with E-state index in [1.807, 2.05) is 24.3 Å².